The normalized spacial score (nSPS) is 10.1. The minimum absolute atomic E-state index is 1.07. The van der Waals surface area contributed by atoms with E-state index in [1.165, 1.54) is 21.5 Å². The van der Waals surface area contributed by atoms with E-state index in [1.807, 2.05) is 42.5 Å². The molecule has 0 saturated carbocycles. The highest BCUT2D eigenvalue weighted by Gasteiger charge is 1.97. The van der Waals surface area contributed by atoms with Crippen molar-refractivity contribution in [3.05, 3.63) is 103 Å². The fourth-order valence-corrected chi connectivity index (χ4v) is 2.36. The van der Waals surface area contributed by atoms with Gasteiger partial charge in [-0.05, 0) is 40.1 Å². The smallest absolute Gasteiger partial charge is 0.00987 e. The summed E-state index contributed by atoms with van der Waals surface area (Å²) in [5, 5.41) is 5.07. The third kappa shape index (κ3) is 3.11. The van der Waals surface area contributed by atoms with E-state index in [-0.39, 0.29) is 0 Å². The summed E-state index contributed by atoms with van der Waals surface area (Å²) < 4.78 is 0. The van der Waals surface area contributed by atoms with E-state index in [1.54, 1.807) is 0 Å². The highest BCUT2D eigenvalue weighted by Crippen LogP contribution is 2.24. The first-order chi connectivity index (χ1) is 10.3. The van der Waals surface area contributed by atoms with Gasteiger partial charge in [-0.15, -0.1) is 0 Å². The van der Waals surface area contributed by atoms with Crippen LogP contribution in [-0.2, 0) is 0 Å². The van der Waals surface area contributed by atoms with Gasteiger partial charge in [0.1, 0.15) is 0 Å². The monoisotopic (exact) mass is 268 g/mol. The van der Waals surface area contributed by atoms with E-state index >= 15 is 0 Å². The highest BCUT2D eigenvalue weighted by atomic mass is 14.0. The molecule has 0 heterocycles. The van der Waals surface area contributed by atoms with Crippen LogP contribution in [0.1, 0.15) is 5.56 Å². The van der Waals surface area contributed by atoms with E-state index in [0.29, 0.717) is 0 Å². The first-order valence-corrected chi connectivity index (χ1v) is 7.00. The summed E-state index contributed by atoms with van der Waals surface area (Å²) in [4.78, 5) is 0. The lowest BCUT2D eigenvalue weighted by Gasteiger charge is -2.01. The van der Waals surface area contributed by atoms with Gasteiger partial charge in [0, 0.05) is 0 Å². The van der Waals surface area contributed by atoms with E-state index in [0.717, 1.165) is 5.56 Å². The zero-order valence-electron chi connectivity index (χ0n) is 11.8. The molecule has 2 radical (unpaired) electrons. The molecule has 0 amide bonds. The molecule has 4 aromatic carbocycles. The number of hydrogen-bond acceptors (Lipinski definition) is 0. The topological polar surface area (TPSA) is 0 Å². The molecule has 0 aliphatic heterocycles. The Morgan fingerprint density at radius 3 is 2.10 bits per heavy atom. The molecule has 0 nitrogen and oxygen atoms in total. The molecule has 0 spiro atoms. The van der Waals surface area contributed by atoms with Crippen molar-refractivity contribution >= 4 is 21.5 Å². The lowest BCUT2D eigenvalue weighted by Crippen LogP contribution is -1.75. The summed E-state index contributed by atoms with van der Waals surface area (Å²) in [6, 6.07) is 32.0. The number of rotatable bonds is 0. The summed E-state index contributed by atoms with van der Waals surface area (Å²) in [7, 11) is 0. The molecule has 4 aromatic rings. The number of hydrogen-bond donors (Lipinski definition) is 0. The predicted molar refractivity (Wildman–Crippen MR) is 91.2 cm³/mol. The Labute approximate surface area is 125 Å². The molecular formula is C21H16. The highest BCUT2D eigenvalue weighted by molar-refractivity contribution is 6.07. The van der Waals surface area contributed by atoms with Crippen LogP contribution in [0.4, 0.5) is 0 Å². The molecule has 0 atom stereocenters. The molecule has 0 bridgehead atoms. The summed E-state index contributed by atoms with van der Waals surface area (Å²) in [6.07, 6.45) is 0. The summed E-state index contributed by atoms with van der Waals surface area (Å²) in [5.41, 5.74) is 1.07. The molecular weight excluding hydrogens is 252 g/mol. The predicted octanol–water partition coefficient (Wildman–Crippen LogP) is 5.66. The van der Waals surface area contributed by atoms with Crippen molar-refractivity contribution in [2.24, 2.45) is 0 Å². The maximum absolute atomic E-state index is 3.72. The van der Waals surface area contributed by atoms with E-state index in [2.05, 4.69) is 55.5 Å². The maximum Gasteiger partial charge on any atom is -0.00987 e. The average Bonchev–Trinajstić information content (AvgIpc) is 2.56. The van der Waals surface area contributed by atoms with Crippen LogP contribution in [-0.4, -0.2) is 0 Å². The van der Waals surface area contributed by atoms with Gasteiger partial charge in [-0.2, -0.15) is 0 Å². The van der Waals surface area contributed by atoms with E-state index in [4.69, 9.17) is 0 Å². The van der Waals surface area contributed by atoms with Crippen molar-refractivity contribution in [2.75, 3.05) is 0 Å². The molecule has 21 heavy (non-hydrogen) atoms. The van der Waals surface area contributed by atoms with Crippen molar-refractivity contribution in [3.63, 3.8) is 0 Å². The van der Waals surface area contributed by atoms with Crippen molar-refractivity contribution in [1.29, 1.82) is 0 Å². The summed E-state index contributed by atoms with van der Waals surface area (Å²) in [6.45, 7) is 3.72. The molecule has 0 unspecified atom stereocenters. The quantitative estimate of drug-likeness (QED) is 0.361. The van der Waals surface area contributed by atoms with Gasteiger partial charge in [-0.3, -0.25) is 0 Å². The Balaban J connectivity index is 0.000000160. The van der Waals surface area contributed by atoms with Gasteiger partial charge in [-0.25, -0.2) is 0 Å². The second-order valence-electron chi connectivity index (χ2n) is 4.90. The second-order valence-corrected chi connectivity index (χ2v) is 4.90. The van der Waals surface area contributed by atoms with Crippen LogP contribution in [0, 0.1) is 13.0 Å². The minimum Gasteiger partial charge on any atom is -0.0622 e. The molecule has 0 saturated heterocycles. The lowest BCUT2D eigenvalue weighted by molar-refractivity contribution is 1.62. The van der Waals surface area contributed by atoms with Gasteiger partial charge in [0.05, 0.1) is 0 Å². The third-order valence-corrected chi connectivity index (χ3v) is 3.41. The Hall–Kier alpha value is -2.60. The van der Waals surface area contributed by atoms with Crippen LogP contribution in [0.5, 0.6) is 0 Å². The first-order valence-electron chi connectivity index (χ1n) is 7.00. The van der Waals surface area contributed by atoms with Crippen molar-refractivity contribution in [3.8, 4) is 0 Å². The minimum atomic E-state index is 1.07. The van der Waals surface area contributed by atoms with Crippen LogP contribution < -0.4 is 0 Å². The van der Waals surface area contributed by atoms with Gasteiger partial charge in [-0.1, -0.05) is 84.9 Å². The van der Waals surface area contributed by atoms with Crippen LogP contribution >= 0.6 is 0 Å². The van der Waals surface area contributed by atoms with E-state index < -0.39 is 0 Å². The fourth-order valence-electron chi connectivity index (χ4n) is 2.36. The lowest BCUT2D eigenvalue weighted by atomic mass is 10.0. The Kier molecular flexibility index (Phi) is 3.97. The molecule has 4 rings (SSSR count). The average molecular weight is 268 g/mol. The maximum atomic E-state index is 3.72. The standard InChI is InChI=1S/C14H9.C7H7/c1-3-7-13-11(5-1)9-10-12-6-2-4-8-14(12)13;1-7-5-3-2-4-6-7/h1-5,7-10H;2-6H,1H2. The molecule has 0 heteroatoms. The van der Waals surface area contributed by atoms with Gasteiger partial charge < -0.3 is 0 Å². The van der Waals surface area contributed by atoms with Crippen molar-refractivity contribution in [1.82, 2.24) is 0 Å². The molecule has 0 N–H and O–H groups in total. The summed E-state index contributed by atoms with van der Waals surface area (Å²) in [5.74, 6) is 0. The van der Waals surface area contributed by atoms with Crippen LogP contribution in [0.3, 0.4) is 0 Å². The molecule has 0 aromatic heterocycles. The Morgan fingerprint density at radius 1 is 0.619 bits per heavy atom. The molecule has 0 fully saturated rings. The SMILES string of the molecule is [CH2]c1ccccc1.[c]1cccc2c1ccc1ccccc12. The Bertz CT molecular complexity index is 790. The zero-order chi connectivity index (χ0) is 14.5. The largest absolute Gasteiger partial charge is 0.0622 e. The van der Waals surface area contributed by atoms with Gasteiger partial charge in [0.2, 0.25) is 0 Å². The third-order valence-electron chi connectivity index (χ3n) is 3.41. The van der Waals surface area contributed by atoms with Crippen molar-refractivity contribution in [2.45, 2.75) is 0 Å². The van der Waals surface area contributed by atoms with Crippen LogP contribution in [0.15, 0.2) is 84.9 Å². The zero-order valence-corrected chi connectivity index (χ0v) is 11.8. The number of fused-ring (bicyclic) bond motifs is 3. The van der Waals surface area contributed by atoms with Gasteiger partial charge in [0.15, 0.2) is 0 Å². The van der Waals surface area contributed by atoms with Crippen LogP contribution in [0.2, 0.25) is 0 Å². The molecule has 0 aliphatic rings. The Morgan fingerprint density at radius 2 is 1.33 bits per heavy atom. The second kappa shape index (κ2) is 6.23. The molecule has 0 aliphatic carbocycles. The molecule has 100 valence electrons. The summed E-state index contributed by atoms with van der Waals surface area (Å²) >= 11 is 0. The van der Waals surface area contributed by atoms with E-state index in [9.17, 15) is 0 Å². The van der Waals surface area contributed by atoms with Gasteiger partial charge >= 0.3 is 0 Å². The van der Waals surface area contributed by atoms with Crippen LogP contribution in [0.25, 0.3) is 21.5 Å². The fraction of sp³-hybridized carbons (Fsp3) is 0. The first kappa shape index (κ1) is 13.4. The van der Waals surface area contributed by atoms with Crippen molar-refractivity contribution < 1.29 is 0 Å². The van der Waals surface area contributed by atoms with Gasteiger partial charge in [0.25, 0.3) is 0 Å². The number of benzene rings is 4.